The van der Waals surface area contributed by atoms with E-state index in [1.807, 2.05) is 60.8 Å². The Labute approximate surface area is 208 Å². The number of aromatic hydroxyl groups is 1. The van der Waals surface area contributed by atoms with Gasteiger partial charge in [-0.15, -0.1) is 11.3 Å². The number of hydrogen-bond donors (Lipinski definition) is 1. The summed E-state index contributed by atoms with van der Waals surface area (Å²) in [4.78, 5) is 9.51. The van der Waals surface area contributed by atoms with Crippen molar-refractivity contribution in [3.05, 3.63) is 127 Å². The summed E-state index contributed by atoms with van der Waals surface area (Å²) in [6, 6.07) is 36.7. The number of hydrogen-bond acceptors (Lipinski definition) is 4. The molecular formula is C31H22N2OS. The minimum atomic E-state index is 0.300. The van der Waals surface area contributed by atoms with Crippen molar-refractivity contribution in [3.63, 3.8) is 0 Å². The van der Waals surface area contributed by atoms with Crippen molar-refractivity contribution in [2.45, 2.75) is 6.42 Å². The van der Waals surface area contributed by atoms with Crippen LogP contribution in [0.25, 0.3) is 43.2 Å². The van der Waals surface area contributed by atoms with Crippen molar-refractivity contribution in [2.75, 3.05) is 0 Å². The summed E-state index contributed by atoms with van der Waals surface area (Å²) in [5.41, 5.74) is 7.96. The Bertz CT molecular complexity index is 1620. The summed E-state index contributed by atoms with van der Waals surface area (Å²) < 4.78 is 1.09. The van der Waals surface area contributed by atoms with E-state index in [-0.39, 0.29) is 0 Å². The van der Waals surface area contributed by atoms with Gasteiger partial charge in [-0.1, -0.05) is 78.9 Å². The van der Waals surface area contributed by atoms with Crippen LogP contribution in [0.5, 0.6) is 5.75 Å². The average molecular weight is 471 g/mol. The number of para-hydroxylation sites is 2. The van der Waals surface area contributed by atoms with Gasteiger partial charge in [0.05, 0.1) is 21.5 Å². The summed E-state index contributed by atoms with van der Waals surface area (Å²) in [7, 11) is 0. The summed E-state index contributed by atoms with van der Waals surface area (Å²) in [5.74, 6) is 0.300. The Morgan fingerprint density at radius 1 is 0.686 bits per heavy atom. The zero-order chi connectivity index (χ0) is 23.6. The van der Waals surface area contributed by atoms with Gasteiger partial charge < -0.3 is 5.11 Å². The van der Waals surface area contributed by atoms with Crippen LogP contribution in [0.1, 0.15) is 11.1 Å². The van der Waals surface area contributed by atoms with Crippen LogP contribution in [-0.2, 0) is 6.42 Å². The molecule has 0 radical (unpaired) electrons. The maximum atomic E-state index is 11.1. The lowest BCUT2D eigenvalue weighted by atomic mass is 10.0. The van der Waals surface area contributed by atoms with Crippen molar-refractivity contribution in [1.82, 2.24) is 9.97 Å². The monoisotopic (exact) mass is 470 g/mol. The van der Waals surface area contributed by atoms with Gasteiger partial charge in [0.25, 0.3) is 0 Å². The third-order valence-electron chi connectivity index (χ3n) is 6.14. The molecule has 4 heteroatoms. The lowest BCUT2D eigenvalue weighted by Crippen LogP contribution is -1.90. The second kappa shape index (κ2) is 9.16. The molecule has 1 N–H and O–H groups in total. The van der Waals surface area contributed by atoms with Crippen LogP contribution < -0.4 is 0 Å². The highest BCUT2D eigenvalue weighted by molar-refractivity contribution is 7.21. The highest BCUT2D eigenvalue weighted by atomic mass is 32.1. The molecule has 0 unspecified atom stereocenters. The zero-order valence-corrected chi connectivity index (χ0v) is 19.7. The third-order valence-corrected chi connectivity index (χ3v) is 7.19. The predicted octanol–water partition coefficient (Wildman–Crippen LogP) is 7.99. The number of fused-ring (bicyclic) bond motifs is 1. The first kappa shape index (κ1) is 21.3. The molecule has 2 aromatic heterocycles. The second-order valence-corrected chi connectivity index (χ2v) is 9.47. The van der Waals surface area contributed by atoms with Gasteiger partial charge in [0.1, 0.15) is 10.8 Å². The fourth-order valence-electron chi connectivity index (χ4n) is 4.40. The first-order valence-corrected chi connectivity index (χ1v) is 12.3. The maximum Gasteiger partial charge on any atom is 0.129 e. The topological polar surface area (TPSA) is 46.0 Å². The first-order valence-electron chi connectivity index (χ1n) is 11.5. The maximum absolute atomic E-state index is 11.1. The van der Waals surface area contributed by atoms with Gasteiger partial charge in [-0.2, -0.15) is 0 Å². The number of thiazole rings is 1. The minimum Gasteiger partial charge on any atom is -0.507 e. The molecular weight excluding hydrogens is 448 g/mol. The van der Waals surface area contributed by atoms with Gasteiger partial charge in [0.2, 0.25) is 0 Å². The molecule has 0 fully saturated rings. The largest absolute Gasteiger partial charge is 0.507 e. The molecule has 6 rings (SSSR count). The van der Waals surface area contributed by atoms with Gasteiger partial charge in [-0.05, 0) is 47.0 Å². The molecule has 0 saturated carbocycles. The normalized spacial score (nSPS) is 11.1. The Kier molecular flexibility index (Phi) is 5.57. The Morgan fingerprint density at radius 3 is 2.31 bits per heavy atom. The molecule has 0 saturated heterocycles. The summed E-state index contributed by atoms with van der Waals surface area (Å²) in [6.45, 7) is 0. The van der Waals surface area contributed by atoms with Crippen LogP contribution in [0.15, 0.2) is 115 Å². The molecule has 0 aliphatic rings. The smallest absolute Gasteiger partial charge is 0.129 e. The van der Waals surface area contributed by atoms with E-state index < -0.39 is 0 Å². The quantitative estimate of drug-likeness (QED) is 0.278. The van der Waals surface area contributed by atoms with Crippen LogP contribution in [0.4, 0.5) is 0 Å². The SMILES string of the molecule is Oc1c(Cc2ccccc2)cccc1-c1nc2c(-c3cccc(-c4ccccn4)c3)cccc2s1. The number of aromatic nitrogens is 2. The Morgan fingerprint density at radius 2 is 1.46 bits per heavy atom. The number of phenols is 1. The third kappa shape index (κ3) is 4.20. The van der Waals surface area contributed by atoms with E-state index in [4.69, 9.17) is 4.98 Å². The Hall–Kier alpha value is -4.28. The number of pyridine rings is 1. The molecule has 168 valence electrons. The molecule has 3 nitrogen and oxygen atoms in total. The van der Waals surface area contributed by atoms with Crippen LogP contribution >= 0.6 is 11.3 Å². The number of nitrogens with zero attached hydrogens (tertiary/aromatic N) is 2. The first-order chi connectivity index (χ1) is 17.3. The molecule has 6 aromatic rings. The van der Waals surface area contributed by atoms with Gasteiger partial charge >= 0.3 is 0 Å². The second-order valence-electron chi connectivity index (χ2n) is 8.44. The molecule has 0 bridgehead atoms. The van der Waals surface area contributed by atoms with Crippen LogP contribution in [0.2, 0.25) is 0 Å². The fraction of sp³-hybridized carbons (Fsp3) is 0.0323. The van der Waals surface area contributed by atoms with Crippen molar-refractivity contribution >= 4 is 21.6 Å². The van der Waals surface area contributed by atoms with E-state index in [9.17, 15) is 5.11 Å². The fourth-order valence-corrected chi connectivity index (χ4v) is 5.42. The molecule has 0 aliphatic carbocycles. The van der Waals surface area contributed by atoms with Crippen LogP contribution in [0, 0.1) is 0 Å². The lowest BCUT2D eigenvalue weighted by Gasteiger charge is -2.08. The van der Waals surface area contributed by atoms with Crippen molar-refractivity contribution in [2.24, 2.45) is 0 Å². The molecule has 0 atom stereocenters. The van der Waals surface area contributed by atoms with Gasteiger partial charge in [0.15, 0.2) is 0 Å². The van der Waals surface area contributed by atoms with Gasteiger partial charge in [-0.3, -0.25) is 4.98 Å². The highest BCUT2D eigenvalue weighted by Gasteiger charge is 2.16. The van der Waals surface area contributed by atoms with E-state index in [0.29, 0.717) is 12.2 Å². The average Bonchev–Trinajstić information content (AvgIpc) is 3.35. The summed E-state index contributed by atoms with van der Waals surface area (Å²) in [6.07, 6.45) is 2.49. The summed E-state index contributed by atoms with van der Waals surface area (Å²) in [5, 5.41) is 12.0. The summed E-state index contributed by atoms with van der Waals surface area (Å²) >= 11 is 1.61. The zero-order valence-electron chi connectivity index (χ0n) is 18.9. The predicted molar refractivity (Wildman–Crippen MR) is 145 cm³/mol. The van der Waals surface area contributed by atoms with E-state index >= 15 is 0 Å². The molecule has 2 heterocycles. The van der Waals surface area contributed by atoms with Crippen molar-refractivity contribution in [3.8, 4) is 38.7 Å². The molecule has 0 amide bonds. The van der Waals surface area contributed by atoms with E-state index in [1.165, 1.54) is 5.56 Å². The lowest BCUT2D eigenvalue weighted by molar-refractivity contribution is 0.471. The molecule has 0 aliphatic heterocycles. The number of phenolic OH excluding ortho intramolecular Hbond substituents is 1. The van der Waals surface area contributed by atoms with Gasteiger partial charge in [0, 0.05) is 23.7 Å². The van der Waals surface area contributed by atoms with E-state index in [2.05, 4.69) is 59.6 Å². The minimum absolute atomic E-state index is 0.300. The van der Waals surface area contributed by atoms with Crippen molar-refractivity contribution in [1.29, 1.82) is 0 Å². The standard InChI is InChI=1S/C31H22N2OS/c34-30-24(19-21-9-2-1-3-10-21)13-7-15-26(30)31-33-29-25(14-8-17-28(29)35-31)22-11-6-12-23(20-22)27-16-4-5-18-32-27/h1-18,20,34H,19H2. The van der Waals surface area contributed by atoms with Crippen LogP contribution in [-0.4, -0.2) is 15.1 Å². The van der Waals surface area contributed by atoms with Crippen molar-refractivity contribution < 1.29 is 5.11 Å². The number of rotatable bonds is 5. The molecule has 0 spiro atoms. The molecule has 4 aromatic carbocycles. The van der Waals surface area contributed by atoms with E-state index in [1.54, 1.807) is 11.3 Å². The Balaban J connectivity index is 1.41. The number of benzene rings is 4. The van der Waals surface area contributed by atoms with E-state index in [0.717, 1.165) is 48.7 Å². The highest BCUT2D eigenvalue weighted by Crippen LogP contribution is 2.40. The van der Waals surface area contributed by atoms with Gasteiger partial charge in [-0.25, -0.2) is 4.98 Å². The van der Waals surface area contributed by atoms with Crippen LogP contribution in [0.3, 0.4) is 0 Å². The molecule has 35 heavy (non-hydrogen) atoms.